The zero-order valence-corrected chi connectivity index (χ0v) is 8.10. The van der Waals surface area contributed by atoms with Crippen LogP contribution in [0.25, 0.3) is 0 Å². The van der Waals surface area contributed by atoms with E-state index in [1.54, 1.807) is 13.8 Å². The summed E-state index contributed by atoms with van der Waals surface area (Å²) in [5.74, 6) is -1.00. The molecule has 6 heteroatoms. The Bertz CT molecular complexity index is 250. The first-order chi connectivity index (χ1) is 6.46. The van der Waals surface area contributed by atoms with Crippen LogP contribution >= 0.6 is 0 Å². The topological polar surface area (TPSA) is 89.7 Å². The molecule has 0 aliphatic carbocycles. The van der Waals surface area contributed by atoms with E-state index < -0.39 is 23.0 Å². The second-order valence-electron chi connectivity index (χ2n) is 2.64. The van der Waals surface area contributed by atoms with Crippen LogP contribution in [0.5, 0.6) is 0 Å². The summed E-state index contributed by atoms with van der Waals surface area (Å²) in [7, 11) is 0. The highest BCUT2D eigenvalue weighted by atomic mass is 16.6. The number of hydrogen-bond donors (Lipinski definition) is 1. The van der Waals surface area contributed by atoms with Crippen molar-refractivity contribution in [2.75, 3.05) is 13.2 Å². The molecule has 0 rings (SSSR count). The summed E-state index contributed by atoms with van der Waals surface area (Å²) in [5.41, 5.74) is -2.16. The first kappa shape index (κ1) is 12.6. The van der Waals surface area contributed by atoms with E-state index in [1.807, 2.05) is 0 Å². The van der Waals surface area contributed by atoms with Crippen LogP contribution in [0, 0.1) is 10.1 Å². The van der Waals surface area contributed by atoms with Gasteiger partial charge in [-0.2, -0.15) is 0 Å². The molecule has 0 amide bonds. The lowest BCUT2D eigenvalue weighted by Gasteiger charge is -2.17. The monoisotopic (exact) mass is 203 g/mol. The molecule has 80 valence electrons. The molecule has 6 nitrogen and oxygen atoms in total. The van der Waals surface area contributed by atoms with Crippen molar-refractivity contribution in [2.45, 2.75) is 19.4 Å². The fourth-order valence-corrected chi connectivity index (χ4v) is 0.914. The van der Waals surface area contributed by atoms with E-state index in [0.29, 0.717) is 0 Å². The van der Waals surface area contributed by atoms with Gasteiger partial charge in [-0.3, -0.25) is 10.1 Å². The molecule has 0 bridgehead atoms. The molecule has 1 N–H and O–H groups in total. The number of allylic oxidation sites excluding steroid dienone is 1. The third-order valence-corrected chi connectivity index (χ3v) is 1.44. The Morgan fingerprint density at radius 1 is 1.71 bits per heavy atom. The van der Waals surface area contributed by atoms with Crippen LogP contribution in [0.3, 0.4) is 0 Å². The second-order valence-corrected chi connectivity index (χ2v) is 2.64. The Labute approximate surface area is 81.3 Å². The largest absolute Gasteiger partial charge is 0.463 e. The van der Waals surface area contributed by atoms with Crippen molar-refractivity contribution in [3.8, 4) is 0 Å². The number of nitro groups is 1. The van der Waals surface area contributed by atoms with Gasteiger partial charge in [0.25, 0.3) is 0 Å². The number of carbonyl (C=O) groups is 1. The molecule has 0 saturated heterocycles. The zero-order chi connectivity index (χ0) is 11.2. The van der Waals surface area contributed by atoms with E-state index in [-0.39, 0.29) is 6.61 Å². The molecule has 0 aromatic heterocycles. The Morgan fingerprint density at radius 3 is 2.64 bits per heavy atom. The normalized spacial score (nSPS) is 15.1. The number of hydrogen-bond acceptors (Lipinski definition) is 5. The minimum Gasteiger partial charge on any atom is -0.463 e. The summed E-state index contributed by atoms with van der Waals surface area (Å²) in [6.07, 6.45) is 2.41. The summed E-state index contributed by atoms with van der Waals surface area (Å²) in [6.45, 7) is 2.27. The minimum absolute atomic E-state index is 0.0659. The van der Waals surface area contributed by atoms with Crippen LogP contribution in [0.4, 0.5) is 0 Å². The summed E-state index contributed by atoms with van der Waals surface area (Å²) < 4.78 is 4.52. The highest BCUT2D eigenvalue weighted by Gasteiger charge is 2.40. The van der Waals surface area contributed by atoms with Crippen LogP contribution in [0.1, 0.15) is 13.8 Å². The second kappa shape index (κ2) is 5.33. The van der Waals surface area contributed by atoms with Crippen molar-refractivity contribution in [1.82, 2.24) is 0 Å². The lowest BCUT2D eigenvalue weighted by atomic mass is 10.0. The highest BCUT2D eigenvalue weighted by molar-refractivity contribution is 5.81. The first-order valence-corrected chi connectivity index (χ1v) is 4.11. The summed E-state index contributed by atoms with van der Waals surface area (Å²) >= 11 is 0. The number of carbonyl (C=O) groups excluding carboxylic acids is 1. The van der Waals surface area contributed by atoms with Crippen molar-refractivity contribution < 1.29 is 19.6 Å². The van der Waals surface area contributed by atoms with Gasteiger partial charge in [0, 0.05) is 4.92 Å². The Morgan fingerprint density at radius 2 is 2.29 bits per heavy atom. The summed E-state index contributed by atoms with van der Waals surface area (Å²) in [6, 6.07) is 0. The van der Waals surface area contributed by atoms with E-state index >= 15 is 0 Å². The van der Waals surface area contributed by atoms with Gasteiger partial charge in [-0.1, -0.05) is 6.08 Å². The number of nitrogens with zero attached hydrogens (tertiary/aromatic N) is 1. The average Bonchev–Trinajstić information content (AvgIpc) is 2.03. The third kappa shape index (κ3) is 3.53. The van der Waals surface area contributed by atoms with Crippen LogP contribution in [0.2, 0.25) is 0 Å². The van der Waals surface area contributed by atoms with Crippen molar-refractivity contribution >= 4 is 5.97 Å². The van der Waals surface area contributed by atoms with Crippen molar-refractivity contribution in [3.63, 3.8) is 0 Å². The van der Waals surface area contributed by atoms with Gasteiger partial charge in [-0.25, -0.2) is 4.79 Å². The molecule has 1 unspecified atom stereocenters. The number of rotatable bonds is 5. The quantitative estimate of drug-likeness (QED) is 0.297. The molecule has 0 heterocycles. The van der Waals surface area contributed by atoms with Gasteiger partial charge in [-0.15, -0.1) is 0 Å². The molecule has 0 saturated carbocycles. The fraction of sp³-hybridized carbons (Fsp3) is 0.625. The van der Waals surface area contributed by atoms with Gasteiger partial charge < -0.3 is 9.84 Å². The van der Waals surface area contributed by atoms with Gasteiger partial charge in [-0.05, 0) is 19.9 Å². The average molecular weight is 203 g/mol. The molecule has 14 heavy (non-hydrogen) atoms. The van der Waals surface area contributed by atoms with E-state index in [9.17, 15) is 20.0 Å². The predicted octanol–water partition coefficient (Wildman–Crippen LogP) is 0.133. The van der Waals surface area contributed by atoms with Gasteiger partial charge in [0.05, 0.1) is 6.61 Å². The van der Waals surface area contributed by atoms with Gasteiger partial charge in [0.15, 0.2) is 0 Å². The van der Waals surface area contributed by atoms with Crippen LogP contribution in [-0.2, 0) is 9.53 Å². The summed E-state index contributed by atoms with van der Waals surface area (Å²) in [4.78, 5) is 20.6. The van der Waals surface area contributed by atoms with Crippen molar-refractivity contribution in [3.05, 3.63) is 22.3 Å². The maximum atomic E-state index is 11.2. The van der Waals surface area contributed by atoms with E-state index in [4.69, 9.17) is 0 Å². The van der Waals surface area contributed by atoms with E-state index in [2.05, 4.69) is 4.74 Å². The highest BCUT2D eigenvalue weighted by Crippen LogP contribution is 2.10. The van der Waals surface area contributed by atoms with E-state index in [1.165, 1.54) is 6.08 Å². The first-order valence-electron chi connectivity index (χ1n) is 4.11. The van der Waals surface area contributed by atoms with Crippen LogP contribution < -0.4 is 0 Å². The molecule has 0 fully saturated rings. The summed E-state index contributed by atoms with van der Waals surface area (Å²) in [5, 5.41) is 19.8. The SMILES string of the molecule is C/C=C/C(O)(C[N+](=O)[O-])C(=O)OCC. The number of ether oxygens (including phenoxy) is 1. The Kier molecular flexibility index (Phi) is 4.79. The molecule has 0 radical (unpaired) electrons. The predicted molar refractivity (Wildman–Crippen MR) is 48.3 cm³/mol. The number of esters is 1. The van der Waals surface area contributed by atoms with Gasteiger partial charge >= 0.3 is 5.97 Å². The molecular formula is C8H13NO5. The smallest absolute Gasteiger partial charge is 0.349 e. The maximum absolute atomic E-state index is 11.2. The molecule has 0 aliphatic rings. The lowest BCUT2D eigenvalue weighted by molar-refractivity contribution is -0.494. The molecule has 1 atom stereocenters. The Balaban J connectivity index is 4.69. The van der Waals surface area contributed by atoms with E-state index in [0.717, 1.165) is 6.08 Å². The molecule has 0 aromatic carbocycles. The third-order valence-electron chi connectivity index (χ3n) is 1.44. The lowest BCUT2D eigenvalue weighted by Crippen LogP contribution is -2.44. The fourth-order valence-electron chi connectivity index (χ4n) is 0.914. The van der Waals surface area contributed by atoms with Crippen LogP contribution in [-0.4, -0.2) is 34.8 Å². The van der Waals surface area contributed by atoms with Gasteiger partial charge in [0.2, 0.25) is 12.1 Å². The molecule has 0 spiro atoms. The molecular weight excluding hydrogens is 190 g/mol. The number of aliphatic hydroxyl groups is 1. The van der Waals surface area contributed by atoms with Gasteiger partial charge in [0.1, 0.15) is 0 Å². The molecule has 0 aliphatic heterocycles. The zero-order valence-electron chi connectivity index (χ0n) is 8.10. The molecule has 0 aromatic rings. The minimum atomic E-state index is -2.16. The van der Waals surface area contributed by atoms with Crippen LogP contribution in [0.15, 0.2) is 12.2 Å². The van der Waals surface area contributed by atoms with Crippen molar-refractivity contribution in [2.24, 2.45) is 0 Å². The van der Waals surface area contributed by atoms with Crippen molar-refractivity contribution in [1.29, 1.82) is 0 Å². The Hall–Kier alpha value is -1.43. The standard InChI is InChI=1S/C8H13NO5/c1-3-5-8(11,6-9(12)13)7(10)14-4-2/h3,5,11H,4,6H2,1-2H3/b5-3+. The maximum Gasteiger partial charge on any atom is 0.349 e.